The number of hydrogen-bond acceptors (Lipinski definition) is 4. The summed E-state index contributed by atoms with van der Waals surface area (Å²) >= 11 is 0. The van der Waals surface area contributed by atoms with Gasteiger partial charge in [-0.2, -0.15) is 5.26 Å². The van der Waals surface area contributed by atoms with Gasteiger partial charge in [0.25, 0.3) is 0 Å². The monoisotopic (exact) mass is 359 g/mol. The molecular weight excluding hydrogens is 338 g/mol. The highest BCUT2D eigenvalue weighted by molar-refractivity contribution is 5.82. The first-order valence-electron chi connectivity index (χ1n) is 9.45. The molecular formula is C22H21N3O2. The molecule has 5 heteroatoms. The zero-order chi connectivity index (χ0) is 18.4. The summed E-state index contributed by atoms with van der Waals surface area (Å²) in [5.41, 5.74) is 2.50. The van der Waals surface area contributed by atoms with Crippen LogP contribution in [-0.2, 0) is 16.1 Å². The Morgan fingerprint density at radius 1 is 1.15 bits per heavy atom. The smallest absolute Gasteiger partial charge is 0.227 e. The minimum absolute atomic E-state index is 0.0126. The second kappa shape index (κ2) is 6.19. The molecule has 3 fully saturated rings. The van der Waals surface area contributed by atoms with Crippen molar-refractivity contribution in [3.05, 3.63) is 71.3 Å². The molecule has 1 amide bonds. The van der Waals surface area contributed by atoms with Gasteiger partial charge in [0.15, 0.2) is 5.72 Å². The van der Waals surface area contributed by atoms with Gasteiger partial charge in [-0.25, -0.2) is 0 Å². The molecule has 3 aliphatic heterocycles. The van der Waals surface area contributed by atoms with Crippen molar-refractivity contribution >= 4 is 5.91 Å². The molecule has 0 N–H and O–H groups in total. The molecule has 0 radical (unpaired) electrons. The van der Waals surface area contributed by atoms with Crippen molar-refractivity contribution in [1.82, 2.24) is 9.80 Å². The summed E-state index contributed by atoms with van der Waals surface area (Å²) in [4.78, 5) is 17.3. The lowest BCUT2D eigenvalue weighted by Gasteiger charge is -2.33. The highest BCUT2D eigenvalue weighted by Gasteiger charge is 2.64. The van der Waals surface area contributed by atoms with Crippen molar-refractivity contribution in [2.75, 3.05) is 13.2 Å². The Morgan fingerprint density at radius 2 is 1.93 bits per heavy atom. The second-order valence-electron chi connectivity index (χ2n) is 7.60. The minimum atomic E-state index is -0.482. The molecule has 0 aliphatic carbocycles. The van der Waals surface area contributed by atoms with E-state index >= 15 is 0 Å². The van der Waals surface area contributed by atoms with Gasteiger partial charge in [-0.1, -0.05) is 42.5 Å². The zero-order valence-electron chi connectivity index (χ0n) is 15.0. The van der Waals surface area contributed by atoms with Gasteiger partial charge in [-0.05, 0) is 23.3 Å². The molecule has 3 heterocycles. The van der Waals surface area contributed by atoms with Crippen molar-refractivity contribution in [1.29, 1.82) is 5.26 Å². The standard InChI is InChI=1S/C22H21N3O2/c23-13-16-6-8-17(9-7-16)14-24-11-10-22-20(24)12-21(26)25(22)19(15-27-22)18-4-2-1-3-5-18/h1-9,19-20H,10-12,14-15H2/t19-,20+,22-/m0/s1. The van der Waals surface area contributed by atoms with Crippen LogP contribution in [0.15, 0.2) is 54.6 Å². The van der Waals surface area contributed by atoms with Crippen LogP contribution in [0.5, 0.6) is 0 Å². The number of carbonyl (C=O) groups excluding carboxylic acids is 1. The molecule has 0 aromatic heterocycles. The third kappa shape index (κ3) is 2.48. The fourth-order valence-corrected chi connectivity index (χ4v) is 4.96. The Kier molecular flexibility index (Phi) is 3.78. The predicted molar refractivity (Wildman–Crippen MR) is 99.3 cm³/mol. The first-order valence-corrected chi connectivity index (χ1v) is 9.45. The summed E-state index contributed by atoms with van der Waals surface area (Å²) in [7, 11) is 0. The van der Waals surface area contributed by atoms with Crippen molar-refractivity contribution in [2.45, 2.75) is 37.2 Å². The summed E-state index contributed by atoms with van der Waals surface area (Å²) in [6, 6.07) is 20.2. The SMILES string of the molecule is N#Cc1ccc(CN2CC[C@@]34OC[C@@H](c5ccccc5)N3C(=O)C[C@@H]24)cc1. The van der Waals surface area contributed by atoms with Crippen LogP contribution in [0.3, 0.4) is 0 Å². The fraction of sp³-hybridized carbons (Fsp3) is 0.364. The third-order valence-corrected chi connectivity index (χ3v) is 6.22. The van der Waals surface area contributed by atoms with Crippen LogP contribution >= 0.6 is 0 Å². The van der Waals surface area contributed by atoms with Crippen LogP contribution in [0.4, 0.5) is 0 Å². The highest BCUT2D eigenvalue weighted by Crippen LogP contribution is 2.51. The van der Waals surface area contributed by atoms with Gasteiger partial charge in [-0.15, -0.1) is 0 Å². The molecule has 0 saturated carbocycles. The molecule has 136 valence electrons. The van der Waals surface area contributed by atoms with E-state index in [4.69, 9.17) is 10.00 Å². The van der Waals surface area contributed by atoms with Gasteiger partial charge in [0, 0.05) is 25.9 Å². The molecule has 2 aromatic rings. The molecule has 2 aromatic carbocycles. The van der Waals surface area contributed by atoms with Gasteiger partial charge in [0.1, 0.15) is 0 Å². The summed E-state index contributed by atoms with van der Waals surface area (Å²) in [6.07, 6.45) is 1.36. The molecule has 3 aliphatic rings. The minimum Gasteiger partial charge on any atom is -0.351 e. The third-order valence-electron chi connectivity index (χ3n) is 6.22. The Balaban J connectivity index is 1.39. The maximum Gasteiger partial charge on any atom is 0.227 e. The average Bonchev–Trinajstić information content (AvgIpc) is 3.33. The van der Waals surface area contributed by atoms with Crippen molar-refractivity contribution in [3.8, 4) is 6.07 Å². The van der Waals surface area contributed by atoms with Crippen LogP contribution in [0, 0.1) is 11.3 Å². The van der Waals surface area contributed by atoms with E-state index in [-0.39, 0.29) is 18.0 Å². The van der Waals surface area contributed by atoms with E-state index in [9.17, 15) is 4.79 Å². The summed E-state index contributed by atoms with van der Waals surface area (Å²) in [6.45, 7) is 2.26. The van der Waals surface area contributed by atoms with E-state index in [1.165, 1.54) is 0 Å². The molecule has 27 heavy (non-hydrogen) atoms. The van der Waals surface area contributed by atoms with Crippen LogP contribution in [0.1, 0.15) is 35.6 Å². The lowest BCUT2D eigenvalue weighted by Crippen LogP contribution is -2.48. The molecule has 3 saturated heterocycles. The number of hydrogen-bond donors (Lipinski definition) is 0. The largest absolute Gasteiger partial charge is 0.351 e. The Bertz CT molecular complexity index is 905. The Labute approximate surface area is 158 Å². The first kappa shape index (κ1) is 16.5. The fourth-order valence-electron chi connectivity index (χ4n) is 4.96. The van der Waals surface area contributed by atoms with Gasteiger partial charge < -0.3 is 9.64 Å². The number of nitrogens with zero attached hydrogens (tertiary/aromatic N) is 3. The van der Waals surface area contributed by atoms with Gasteiger partial charge in [0.05, 0.1) is 30.3 Å². The van der Waals surface area contributed by atoms with Crippen LogP contribution < -0.4 is 0 Å². The van der Waals surface area contributed by atoms with Crippen molar-refractivity contribution in [2.24, 2.45) is 0 Å². The Hall–Kier alpha value is -2.68. The number of rotatable bonds is 3. The van der Waals surface area contributed by atoms with Crippen molar-refractivity contribution < 1.29 is 9.53 Å². The second-order valence-corrected chi connectivity index (χ2v) is 7.60. The van der Waals surface area contributed by atoms with Gasteiger partial charge >= 0.3 is 0 Å². The summed E-state index contributed by atoms with van der Waals surface area (Å²) < 4.78 is 6.35. The quantitative estimate of drug-likeness (QED) is 0.846. The zero-order valence-corrected chi connectivity index (χ0v) is 15.0. The predicted octanol–water partition coefficient (Wildman–Crippen LogP) is 2.83. The molecule has 1 spiro atoms. The normalized spacial score (nSPS) is 29.6. The summed E-state index contributed by atoms with van der Waals surface area (Å²) in [5, 5.41) is 8.97. The van der Waals surface area contributed by atoms with E-state index in [0.29, 0.717) is 18.6 Å². The topological polar surface area (TPSA) is 56.6 Å². The van der Waals surface area contributed by atoms with E-state index < -0.39 is 5.72 Å². The number of ether oxygens (including phenoxy) is 1. The maximum atomic E-state index is 12.9. The maximum absolute atomic E-state index is 12.9. The van der Waals surface area contributed by atoms with Gasteiger partial charge in [-0.3, -0.25) is 9.69 Å². The molecule has 0 bridgehead atoms. The number of carbonyl (C=O) groups is 1. The van der Waals surface area contributed by atoms with Crippen molar-refractivity contribution in [3.63, 3.8) is 0 Å². The lowest BCUT2D eigenvalue weighted by atomic mass is 10.0. The first-order chi connectivity index (χ1) is 13.2. The molecule has 0 unspecified atom stereocenters. The van der Waals surface area contributed by atoms with E-state index in [2.05, 4.69) is 23.1 Å². The Morgan fingerprint density at radius 3 is 2.67 bits per heavy atom. The number of likely N-dealkylation sites (tertiary alicyclic amines) is 1. The van der Waals surface area contributed by atoms with Crippen LogP contribution in [-0.4, -0.2) is 40.6 Å². The van der Waals surface area contributed by atoms with E-state index in [0.717, 1.165) is 30.6 Å². The number of benzene rings is 2. The van der Waals surface area contributed by atoms with E-state index in [1.54, 1.807) is 0 Å². The molecule has 3 atom stereocenters. The average molecular weight is 359 g/mol. The highest BCUT2D eigenvalue weighted by atomic mass is 16.5. The van der Waals surface area contributed by atoms with Crippen LogP contribution in [0.25, 0.3) is 0 Å². The summed E-state index contributed by atoms with van der Waals surface area (Å²) in [5.74, 6) is 0.191. The lowest BCUT2D eigenvalue weighted by molar-refractivity contribution is -0.138. The van der Waals surface area contributed by atoms with Gasteiger partial charge in [0.2, 0.25) is 5.91 Å². The van der Waals surface area contributed by atoms with E-state index in [1.807, 2.05) is 47.4 Å². The molecule has 5 rings (SSSR count). The number of amides is 1. The molecule has 5 nitrogen and oxygen atoms in total. The van der Waals surface area contributed by atoms with Crippen LogP contribution in [0.2, 0.25) is 0 Å². The number of nitriles is 1.